The summed E-state index contributed by atoms with van der Waals surface area (Å²) in [5.74, 6) is -1.87. The van der Waals surface area contributed by atoms with Crippen molar-refractivity contribution in [3.05, 3.63) is 28.7 Å². The molecule has 1 aliphatic heterocycles. The number of aromatic amines is 1. The summed E-state index contributed by atoms with van der Waals surface area (Å²) in [6.07, 6.45) is 0.102. The molecular weight excluding hydrogens is 274 g/mol. The number of nitrogens with one attached hydrogen (secondary N) is 1. The zero-order chi connectivity index (χ0) is 15.1. The van der Waals surface area contributed by atoms with Crippen molar-refractivity contribution in [3.8, 4) is 0 Å². The lowest BCUT2D eigenvalue weighted by Crippen LogP contribution is -2.37. The Morgan fingerprint density at radius 2 is 2.19 bits per heavy atom. The van der Waals surface area contributed by atoms with E-state index in [9.17, 15) is 14.4 Å². The standard InChI is InChI=1S/C14H15N3O4/c1-16-10-4-2-3-9-12(10)17(14(21)15-9)6-5-8(13(16)20)7-11(18)19/h2-4,8H,5-7H2,1H3,(H,15,21)(H,18,19). The molecule has 0 saturated carbocycles. The Kier molecular flexibility index (Phi) is 3.04. The Bertz CT molecular complexity index is 789. The normalized spacial score (nSPS) is 18.6. The number of carbonyl (C=O) groups is 2. The number of H-pyrrole nitrogens is 1. The van der Waals surface area contributed by atoms with Crippen LogP contribution in [0, 0.1) is 5.92 Å². The molecule has 2 heterocycles. The first kappa shape index (κ1) is 13.4. The molecule has 2 N–H and O–H groups in total. The highest BCUT2D eigenvalue weighted by atomic mass is 16.4. The van der Waals surface area contributed by atoms with E-state index in [1.807, 2.05) is 0 Å². The smallest absolute Gasteiger partial charge is 0.326 e. The number of hydrogen-bond donors (Lipinski definition) is 2. The Balaban J connectivity index is 2.16. The van der Waals surface area contributed by atoms with Crippen LogP contribution in [-0.2, 0) is 16.1 Å². The van der Waals surface area contributed by atoms with E-state index in [2.05, 4.69) is 4.98 Å². The molecule has 0 bridgehead atoms. The number of carboxylic acids is 1. The van der Waals surface area contributed by atoms with E-state index in [1.165, 1.54) is 4.90 Å². The van der Waals surface area contributed by atoms with Gasteiger partial charge in [-0.25, -0.2) is 4.79 Å². The number of para-hydroxylation sites is 1. The lowest BCUT2D eigenvalue weighted by Gasteiger charge is -2.26. The topological polar surface area (TPSA) is 95.4 Å². The van der Waals surface area contributed by atoms with Crippen molar-refractivity contribution in [1.29, 1.82) is 0 Å². The highest BCUT2D eigenvalue weighted by Crippen LogP contribution is 2.29. The van der Waals surface area contributed by atoms with Crippen LogP contribution < -0.4 is 10.6 Å². The first-order valence-electron chi connectivity index (χ1n) is 6.70. The Labute approximate surface area is 119 Å². The minimum Gasteiger partial charge on any atom is -0.481 e. The molecule has 1 aromatic heterocycles. The maximum atomic E-state index is 12.5. The second-order valence-corrected chi connectivity index (χ2v) is 5.24. The van der Waals surface area contributed by atoms with Gasteiger partial charge in [-0.15, -0.1) is 0 Å². The number of carbonyl (C=O) groups excluding carboxylic acids is 1. The van der Waals surface area contributed by atoms with Gasteiger partial charge in [0.1, 0.15) is 0 Å². The van der Waals surface area contributed by atoms with Gasteiger partial charge in [0.15, 0.2) is 0 Å². The number of nitrogens with zero attached hydrogens (tertiary/aromatic N) is 2. The van der Waals surface area contributed by atoms with Gasteiger partial charge in [0, 0.05) is 13.6 Å². The first-order chi connectivity index (χ1) is 9.99. The van der Waals surface area contributed by atoms with Gasteiger partial charge < -0.3 is 15.0 Å². The fraction of sp³-hybridized carbons (Fsp3) is 0.357. The lowest BCUT2D eigenvalue weighted by atomic mass is 9.98. The van der Waals surface area contributed by atoms with Gasteiger partial charge in [0.25, 0.3) is 0 Å². The molecule has 1 amide bonds. The number of aryl methyl sites for hydroxylation is 1. The third-order valence-corrected chi connectivity index (χ3v) is 3.93. The summed E-state index contributed by atoms with van der Waals surface area (Å²) in [5, 5.41) is 8.95. The van der Waals surface area contributed by atoms with Gasteiger partial charge in [0.2, 0.25) is 5.91 Å². The lowest BCUT2D eigenvalue weighted by molar-refractivity contribution is -0.140. The second-order valence-electron chi connectivity index (χ2n) is 5.24. The van der Waals surface area contributed by atoms with Crippen molar-refractivity contribution >= 4 is 28.6 Å². The van der Waals surface area contributed by atoms with Gasteiger partial charge >= 0.3 is 11.7 Å². The van der Waals surface area contributed by atoms with Crippen LogP contribution in [0.25, 0.3) is 11.0 Å². The molecule has 3 rings (SSSR count). The van der Waals surface area contributed by atoms with Crippen LogP contribution in [0.15, 0.2) is 23.0 Å². The minimum absolute atomic E-state index is 0.229. The third kappa shape index (κ3) is 2.10. The van der Waals surface area contributed by atoms with E-state index in [0.29, 0.717) is 29.7 Å². The monoisotopic (exact) mass is 289 g/mol. The first-order valence-corrected chi connectivity index (χ1v) is 6.70. The summed E-state index contributed by atoms with van der Waals surface area (Å²) >= 11 is 0. The molecule has 21 heavy (non-hydrogen) atoms. The summed E-state index contributed by atoms with van der Waals surface area (Å²) in [6, 6.07) is 5.30. The van der Waals surface area contributed by atoms with Crippen molar-refractivity contribution < 1.29 is 14.7 Å². The van der Waals surface area contributed by atoms with Crippen molar-refractivity contribution in [2.24, 2.45) is 5.92 Å². The zero-order valence-corrected chi connectivity index (χ0v) is 11.5. The number of carboxylic acid groups (broad SMARTS) is 1. The highest BCUT2D eigenvalue weighted by Gasteiger charge is 2.29. The average molecular weight is 289 g/mol. The number of benzene rings is 1. The van der Waals surface area contributed by atoms with Crippen molar-refractivity contribution in [3.63, 3.8) is 0 Å². The van der Waals surface area contributed by atoms with E-state index in [-0.39, 0.29) is 18.0 Å². The predicted molar refractivity (Wildman–Crippen MR) is 76.3 cm³/mol. The number of anilines is 1. The number of amides is 1. The molecule has 1 aromatic carbocycles. The largest absolute Gasteiger partial charge is 0.481 e. The molecule has 110 valence electrons. The molecule has 7 heteroatoms. The maximum absolute atomic E-state index is 12.5. The van der Waals surface area contributed by atoms with E-state index in [4.69, 9.17) is 5.11 Å². The fourth-order valence-corrected chi connectivity index (χ4v) is 2.89. The maximum Gasteiger partial charge on any atom is 0.326 e. The van der Waals surface area contributed by atoms with Gasteiger partial charge in [-0.2, -0.15) is 0 Å². The van der Waals surface area contributed by atoms with Crippen LogP contribution >= 0.6 is 0 Å². The molecule has 2 aromatic rings. The molecule has 0 radical (unpaired) electrons. The molecule has 1 aliphatic rings. The molecule has 0 fully saturated rings. The Morgan fingerprint density at radius 3 is 2.90 bits per heavy atom. The van der Waals surface area contributed by atoms with Gasteiger partial charge in [-0.3, -0.25) is 14.2 Å². The van der Waals surface area contributed by atoms with Crippen LogP contribution in [0.5, 0.6) is 0 Å². The zero-order valence-electron chi connectivity index (χ0n) is 11.5. The number of rotatable bonds is 2. The molecular formula is C14H15N3O4. The minimum atomic E-state index is -1.01. The molecule has 1 atom stereocenters. The van der Waals surface area contributed by atoms with Crippen LogP contribution in [0.3, 0.4) is 0 Å². The van der Waals surface area contributed by atoms with Crippen LogP contribution in [0.1, 0.15) is 12.8 Å². The van der Waals surface area contributed by atoms with Gasteiger partial charge in [-0.05, 0) is 18.6 Å². The summed E-state index contributed by atoms with van der Waals surface area (Å²) in [5.41, 5.74) is 1.74. The molecule has 0 spiro atoms. The van der Waals surface area contributed by atoms with E-state index >= 15 is 0 Å². The summed E-state index contributed by atoms with van der Waals surface area (Å²) in [6.45, 7) is 0.327. The summed E-state index contributed by atoms with van der Waals surface area (Å²) < 4.78 is 1.57. The van der Waals surface area contributed by atoms with Crippen LogP contribution in [0.4, 0.5) is 5.69 Å². The van der Waals surface area contributed by atoms with Crippen LogP contribution in [0.2, 0.25) is 0 Å². The molecule has 0 aliphatic carbocycles. The summed E-state index contributed by atoms with van der Waals surface area (Å²) in [4.78, 5) is 39.6. The Morgan fingerprint density at radius 1 is 1.43 bits per heavy atom. The van der Waals surface area contributed by atoms with Crippen molar-refractivity contribution in [1.82, 2.24) is 9.55 Å². The Hall–Kier alpha value is -2.57. The third-order valence-electron chi connectivity index (χ3n) is 3.93. The predicted octanol–water partition coefficient (Wildman–Crippen LogP) is 0.787. The van der Waals surface area contributed by atoms with Crippen molar-refractivity contribution in [2.45, 2.75) is 19.4 Å². The molecule has 7 nitrogen and oxygen atoms in total. The number of aliphatic carboxylic acids is 1. The molecule has 1 unspecified atom stereocenters. The van der Waals surface area contributed by atoms with Crippen molar-refractivity contribution in [2.75, 3.05) is 11.9 Å². The fourth-order valence-electron chi connectivity index (χ4n) is 2.89. The number of hydrogen-bond acceptors (Lipinski definition) is 3. The van der Waals surface area contributed by atoms with E-state index in [0.717, 1.165) is 0 Å². The SMILES string of the molecule is CN1C(=O)C(CC(=O)O)CCn2c(=O)[nH]c3cccc1c32. The summed E-state index contributed by atoms with van der Waals surface area (Å²) in [7, 11) is 1.61. The van der Waals surface area contributed by atoms with E-state index in [1.54, 1.807) is 29.8 Å². The number of imidazole rings is 1. The molecule has 0 saturated heterocycles. The van der Waals surface area contributed by atoms with Gasteiger partial charge in [0.05, 0.1) is 29.1 Å². The second kappa shape index (κ2) is 4.76. The quantitative estimate of drug-likeness (QED) is 0.854. The number of aromatic nitrogens is 2. The highest BCUT2D eigenvalue weighted by molar-refractivity contribution is 6.03. The van der Waals surface area contributed by atoms with Crippen LogP contribution in [-0.4, -0.2) is 33.6 Å². The average Bonchev–Trinajstić information content (AvgIpc) is 2.76. The van der Waals surface area contributed by atoms with Gasteiger partial charge in [-0.1, -0.05) is 6.07 Å². The van der Waals surface area contributed by atoms with E-state index < -0.39 is 11.9 Å².